The molecule has 0 aromatic rings. The van der Waals surface area contributed by atoms with E-state index < -0.39 is 5.60 Å². The average molecular weight is 245 g/mol. The molecule has 0 spiro atoms. The fraction of sp³-hybridized carbons (Fsp3) is 0.917. The minimum absolute atomic E-state index is 0.336. The van der Waals surface area contributed by atoms with Gasteiger partial charge < -0.3 is 21.1 Å². The number of rotatable bonds is 6. The van der Waals surface area contributed by atoms with Gasteiger partial charge in [-0.2, -0.15) is 0 Å². The monoisotopic (exact) mass is 245 g/mol. The van der Waals surface area contributed by atoms with E-state index in [1.54, 1.807) is 0 Å². The van der Waals surface area contributed by atoms with Crippen molar-refractivity contribution in [2.75, 3.05) is 19.6 Å². The number of hydrogen-bond donors (Lipinski definition) is 3. The van der Waals surface area contributed by atoms with Crippen LogP contribution in [0.3, 0.4) is 0 Å². The number of hydrogen-bond acceptors (Lipinski definition) is 4. The van der Waals surface area contributed by atoms with E-state index >= 15 is 0 Å². The third-order valence-electron chi connectivity index (χ3n) is 1.96. The summed E-state index contributed by atoms with van der Waals surface area (Å²) in [5.74, 6) is 0. The Morgan fingerprint density at radius 1 is 1.24 bits per heavy atom. The van der Waals surface area contributed by atoms with E-state index in [4.69, 9.17) is 10.5 Å². The quantitative estimate of drug-likeness (QED) is 0.615. The SMILES string of the molecule is CC(C)(CNCCCN)NC(=O)OC(C)(C)C. The van der Waals surface area contributed by atoms with Crippen molar-refractivity contribution in [3.8, 4) is 0 Å². The molecule has 0 aliphatic heterocycles. The van der Waals surface area contributed by atoms with Crippen molar-refractivity contribution in [1.82, 2.24) is 10.6 Å². The second kappa shape index (κ2) is 6.81. The second-order valence-corrected chi connectivity index (χ2v) is 5.83. The molecule has 0 aromatic carbocycles. The van der Waals surface area contributed by atoms with Gasteiger partial charge in [-0.1, -0.05) is 0 Å². The Morgan fingerprint density at radius 3 is 2.29 bits per heavy atom. The molecule has 0 radical (unpaired) electrons. The molecule has 5 heteroatoms. The first-order chi connectivity index (χ1) is 7.66. The first-order valence-electron chi connectivity index (χ1n) is 6.08. The second-order valence-electron chi connectivity index (χ2n) is 5.83. The molecule has 17 heavy (non-hydrogen) atoms. The number of nitrogens with one attached hydrogen (secondary N) is 2. The summed E-state index contributed by atoms with van der Waals surface area (Å²) >= 11 is 0. The Balaban J connectivity index is 3.94. The number of amides is 1. The van der Waals surface area contributed by atoms with Gasteiger partial charge in [0.1, 0.15) is 5.60 Å². The Hall–Kier alpha value is -0.810. The number of carbonyl (C=O) groups is 1. The van der Waals surface area contributed by atoms with E-state index in [-0.39, 0.29) is 11.6 Å². The van der Waals surface area contributed by atoms with Crippen molar-refractivity contribution in [2.45, 2.75) is 52.2 Å². The largest absolute Gasteiger partial charge is 0.444 e. The Kier molecular flexibility index (Phi) is 6.49. The Morgan fingerprint density at radius 2 is 1.82 bits per heavy atom. The van der Waals surface area contributed by atoms with E-state index in [2.05, 4.69) is 10.6 Å². The maximum Gasteiger partial charge on any atom is 0.408 e. The number of ether oxygens (including phenoxy) is 1. The molecule has 0 unspecified atom stereocenters. The lowest BCUT2D eigenvalue weighted by molar-refractivity contribution is 0.0472. The van der Waals surface area contributed by atoms with Gasteiger partial charge in [-0.15, -0.1) is 0 Å². The van der Waals surface area contributed by atoms with E-state index in [9.17, 15) is 4.79 Å². The smallest absolute Gasteiger partial charge is 0.408 e. The minimum Gasteiger partial charge on any atom is -0.444 e. The van der Waals surface area contributed by atoms with Crippen molar-refractivity contribution in [3.63, 3.8) is 0 Å². The zero-order valence-corrected chi connectivity index (χ0v) is 11.7. The van der Waals surface area contributed by atoms with E-state index in [0.29, 0.717) is 13.1 Å². The lowest BCUT2D eigenvalue weighted by Crippen LogP contribution is -2.51. The predicted molar refractivity (Wildman–Crippen MR) is 70.0 cm³/mol. The molecule has 0 saturated carbocycles. The number of nitrogens with two attached hydrogens (primary N) is 1. The van der Waals surface area contributed by atoms with Crippen LogP contribution >= 0.6 is 0 Å². The van der Waals surface area contributed by atoms with Crippen LogP contribution in [0, 0.1) is 0 Å². The summed E-state index contributed by atoms with van der Waals surface area (Å²) in [5, 5.41) is 6.08. The average Bonchev–Trinajstić information content (AvgIpc) is 2.08. The summed E-state index contributed by atoms with van der Waals surface area (Å²) in [7, 11) is 0. The molecule has 0 rings (SSSR count). The highest BCUT2D eigenvalue weighted by Crippen LogP contribution is 2.08. The van der Waals surface area contributed by atoms with Crippen LogP contribution in [0.2, 0.25) is 0 Å². The molecule has 0 fully saturated rings. The lowest BCUT2D eigenvalue weighted by atomic mass is 10.1. The van der Waals surface area contributed by atoms with Gasteiger partial charge in [0.2, 0.25) is 0 Å². The van der Waals surface area contributed by atoms with Crippen LogP contribution in [0.1, 0.15) is 41.0 Å². The normalized spacial score (nSPS) is 12.4. The number of carbonyl (C=O) groups excluding carboxylic acids is 1. The van der Waals surface area contributed by atoms with Crippen molar-refractivity contribution in [2.24, 2.45) is 5.73 Å². The molecule has 4 N–H and O–H groups in total. The fourth-order valence-corrected chi connectivity index (χ4v) is 1.25. The van der Waals surface area contributed by atoms with Gasteiger partial charge in [0.15, 0.2) is 0 Å². The van der Waals surface area contributed by atoms with Crippen LogP contribution in [0.25, 0.3) is 0 Å². The lowest BCUT2D eigenvalue weighted by Gasteiger charge is -2.28. The van der Waals surface area contributed by atoms with E-state index in [0.717, 1.165) is 13.0 Å². The molecule has 0 aliphatic rings. The molecular weight excluding hydrogens is 218 g/mol. The third-order valence-corrected chi connectivity index (χ3v) is 1.96. The van der Waals surface area contributed by atoms with Crippen LogP contribution in [0.5, 0.6) is 0 Å². The van der Waals surface area contributed by atoms with Gasteiger partial charge in [0.25, 0.3) is 0 Å². The van der Waals surface area contributed by atoms with Gasteiger partial charge >= 0.3 is 6.09 Å². The molecule has 1 amide bonds. The zero-order chi connectivity index (χ0) is 13.5. The van der Waals surface area contributed by atoms with Gasteiger partial charge in [-0.3, -0.25) is 0 Å². The zero-order valence-electron chi connectivity index (χ0n) is 11.7. The molecular formula is C12H27N3O2. The molecule has 0 heterocycles. The topological polar surface area (TPSA) is 76.4 Å². The molecule has 0 aliphatic carbocycles. The van der Waals surface area contributed by atoms with Crippen molar-refractivity contribution >= 4 is 6.09 Å². The predicted octanol–water partition coefficient (Wildman–Crippen LogP) is 1.23. The molecule has 0 bridgehead atoms. The van der Waals surface area contributed by atoms with Crippen LogP contribution in [0.4, 0.5) is 4.79 Å². The molecule has 0 saturated heterocycles. The fourth-order valence-electron chi connectivity index (χ4n) is 1.25. The standard InChI is InChI=1S/C12H27N3O2/c1-11(2,3)17-10(16)15-12(4,5)9-14-8-6-7-13/h14H,6-9,13H2,1-5H3,(H,15,16). The highest BCUT2D eigenvalue weighted by atomic mass is 16.6. The summed E-state index contributed by atoms with van der Waals surface area (Å²) < 4.78 is 5.20. The molecule has 0 atom stereocenters. The van der Waals surface area contributed by atoms with Crippen LogP contribution in [0.15, 0.2) is 0 Å². The first kappa shape index (κ1) is 16.2. The molecule has 5 nitrogen and oxygen atoms in total. The highest BCUT2D eigenvalue weighted by Gasteiger charge is 2.23. The van der Waals surface area contributed by atoms with Gasteiger partial charge in [-0.05, 0) is 54.1 Å². The Labute approximate surface area is 104 Å². The van der Waals surface area contributed by atoms with Crippen LogP contribution in [-0.2, 0) is 4.74 Å². The van der Waals surface area contributed by atoms with Crippen molar-refractivity contribution in [3.05, 3.63) is 0 Å². The van der Waals surface area contributed by atoms with Crippen LogP contribution < -0.4 is 16.4 Å². The summed E-state index contributed by atoms with van der Waals surface area (Å²) in [5.41, 5.74) is 4.60. The summed E-state index contributed by atoms with van der Waals surface area (Å²) in [6.07, 6.45) is 0.547. The van der Waals surface area contributed by atoms with Crippen molar-refractivity contribution in [1.29, 1.82) is 0 Å². The van der Waals surface area contributed by atoms with Gasteiger partial charge in [0.05, 0.1) is 5.54 Å². The maximum absolute atomic E-state index is 11.6. The number of alkyl carbamates (subject to hydrolysis) is 1. The van der Waals surface area contributed by atoms with Gasteiger partial charge in [-0.25, -0.2) is 4.79 Å². The van der Waals surface area contributed by atoms with Crippen molar-refractivity contribution < 1.29 is 9.53 Å². The van der Waals surface area contributed by atoms with Crippen LogP contribution in [-0.4, -0.2) is 36.9 Å². The first-order valence-corrected chi connectivity index (χ1v) is 6.08. The molecule has 102 valence electrons. The summed E-state index contributed by atoms with van der Waals surface area (Å²) in [6, 6.07) is 0. The van der Waals surface area contributed by atoms with Gasteiger partial charge in [0, 0.05) is 6.54 Å². The minimum atomic E-state index is -0.465. The third kappa shape index (κ3) is 10.1. The maximum atomic E-state index is 11.6. The highest BCUT2D eigenvalue weighted by molar-refractivity contribution is 5.68. The van der Waals surface area contributed by atoms with E-state index in [1.165, 1.54) is 0 Å². The Bertz CT molecular complexity index is 234. The molecule has 0 aromatic heterocycles. The summed E-state index contributed by atoms with van der Waals surface area (Å²) in [4.78, 5) is 11.6. The summed E-state index contributed by atoms with van der Waals surface area (Å²) in [6.45, 7) is 11.7. The van der Waals surface area contributed by atoms with E-state index in [1.807, 2.05) is 34.6 Å².